The van der Waals surface area contributed by atoms with Gasteiger partial charge in [0.1, 0.15) is 0 Å². The number of aliphatic hydroxyl groups is 2. The lowest BCUT2D eigenvalue weighted by Gasteiger charge is -2.06. The van der Waals surface area contributed by atoms with Crippen molar-refractivity contribution >= 4 is 10.8 Å². The van der Waals surface area contributed by atoms with Crippen LogP contribution in [0.1, 0.15) is 5.56 Å². The van der Waals surface area contributed by atoms with Crippen molar-refractivity contribution in [1.82, 2.24) is 0 Å². The van der Waals surface area contributed by atoms with Crippen LogP contribution in [-0.4, -0.2) is 32.9 Å². The van der Waals surface area contributed by atoms with Crippen molar-refractivity contribution in [3.8, 4) is 0 Å². The third kappa shape index (κ3) is 3.21. The maximum Gasteiger partial charge on any atom is 0.0889 e. The van der Waals surface area contributed by atoms with Crippen LogP contribution in [0.2, 0.25) is 0 Å². The highest BCUT2D eigenvalue weighted by Crippen LogP contribution is 2.09. The standard InChI is InChI=1S/C10H14O3S/c1-8-2-4-10(5-3-8)14(13)7-9(12)6-11/h2-5,9,11-12H,6-7H2,1H3. The van der Waals surface area contributed by atoms with Gasteiger partial charge in [0.05, 0.1) is 29.3 Å². The molecule has 78 valence electrons. The molecule has 0 heterocycles. The molecule has 0 fully saturated rings. The van der Waals surface area contributed by atoms with E-state index in [0.717, 1.165) is 5.56 Å². The molecule has 0 spiro atoms. The summed E-state index contributed by atoms with van der Waals surface area (Å²) in [5.74, 6) is 0.0829. The largest absolute Gasteiger partial charge is 0.394 e. The summed E-state index contributed by atoms with van der Waals surface area (Å²) in [5, 5.41) is 17.7. The molecule has 0 aromatic heterocycles. The second-order valence-electron chi connectivity index (χ2n) is 3.16. The predicted molar refractivity (Wildman–Crippen MR) is 55.5 cm³/mol. The lowest BCUT2D eigenvalue weighted by atomic mass is 10.2. The average molecular weight is 214 g/mol. The van der Waals surface area contributed by atoms with E-state index in [9.17, 15) is 4.21 Å². The van der Waals surface area contributed by atoms with Gasteiger partial charge in [0.2, 0.25) is 0 Å². The Labute approximate surface area is 85.9 Å². The fraction of sp³-hybridized carbons (Fsp3) is 0.400. The van der Waals surface area contributed by atoms with E-state index in [1.165, 1.54) is 0 Å². The number of aliphatic hydroxyl groups excluding tert-OH is 2. The Kier molecular flexibility index (Phi) is 4.25. The van der Waals surface area contributed by atoms with Crippen LogP contribution in [0.4, 0.5) is 0 Å². The molecule has 0 saturated heterocycles. The summed E-state index contributed by atoms with van der Waals surface area (Å²) in [6.07, 6.45) is -0.905. The zero-order chi connectivity index (χ0) is 10.6. The second-order valence-corrected chi connectivity index (χ2v) is 4.66. The van der Waals surface area contributed by atoms with E-state index < -0.39 is 16.9 Å². The molecule has 1 aromatic rings. The van der Waals surface area contributed by atoms with Gasteiger partial charge < -0.3 is 10.2 Å². The quantitative estimate of drug-likeness (QED) is 0.765. The SMILES string of the molecule is Cc1ccc(S(=O)CC(O)CO)cc1. The molecule has 0 bridgehead atoms. The highest BCUT2D eigenvalue weighted by Gasteiger charge is 2.09. The normalized spacial score (nSPS) is 15.1. The van der Waals surface area contributed by atoms with Gasteiger partial charge in [-0.2, -0.15) is 0 Å². The number of rotatable bonds is 4. The Balaban J connectivity index is 2.65. The molecule has 1 rings (SSSR count). The first-order valence-electron chi connectivity index (χ1n) is 4.37. The van der Waals surface area contributed by atoms with E-state index in [-0.39, 0.29) is 12.4 Å². The summed E-state index contributed by atoms with van der Waals surface area (Å²) < 4.78 is 11.6. The van der Waals surface area contributed by atoms with Crippen molar-refractivity contribution in [3.05, 3.63) is 29.8 Å². The average Bonchev–Trinajstić information content (AvgIpc) is 2.18. The van der Waals surface area contributed by atoms with E-state index >= 15 is 0 Å². The van der Waals surface area contributed by atoms with Gasteiger partial charge in [-0.25, -0.2) is 0 Å². The van der Waals surface area contributed by atoms with Crippen molar-refractivity contribution < 1.29 is 14.4 Å². The van der Waals surface area contributed by atoms with Crippen LogP contribution in [0.3, 0.4) is 0 Å². The van der Waals surface area contributed by atoms with E-state index in [1.54, 1.807) is 12.1 Å². The summed E-state index contributed by atoms with van der Waals surface area (Å²) in [5.41, 5.74) is 1.11. The Morgan fingerprint density at radius 3 is 2.43 bits per heavy atom. The van der Waals surface area contributed by atoms with Gasteiger partial charge in [-0.05, 0) is 19.1 Å². The van der Waals surface area contributed by atoms with Crippen LogP contribution < -0.4 is 0 Å². The highest BCUT2D eigenvalue weighted by molar-refractivity contribution is 7.85. The van der Waals surface area contributed by atoms with Crippen LogP contribution in [0.25, 0.3) is 0 Å². The molecule has 0 aliphatic heterocycles. The topological polar surface area (TPSA) is 57.5 Å². The first-order chi connectivity index (χ1) is 6.63. The Morgan fingerprint density at radius 1 is 1.36 bits per heavy atom. The van der Waals surface area contributed by atoms with Gasteiger partial charge in [-0.15, -0.1) is 0 Å². The minimum Gasteiger partial charge on any atom is -0.394 e. The van der Waals surface area contributed by atoms with Crippen LogP contribution in [0, 0.1) is 6.92 Å². The van der Waals surface area contributed by atoms with Crippen LogP contribution >= 0.6 is 0 Å². The van der Waals surface area contributed by atoms with Crippen molar-refractivity contribution in [1.29, 1.82) is 0 Å². The first-order valence-corrected chi connectivity index (χ1v) is 5.69. The summed E-state index contributed by atoms with van der Waals surface area (Å²) >= 11 is 0. The molecule has 4 heteroatoms. The zero-order valence-electron chi connectivity index (χ0n) is 8.01. The minimum absolute atomic E-state index is 0.0829. The third-order valence-corrected chi connectivity index (χ3v) is 3.32. The van der Waals surface area contributed by atoms with Gasteiger partial charge >= 0.3 is 0 Å². The van der Waals surface area contributed by atoms with E-state index in [4.69, 9.17) is 10.2 Å². The Hall–Kier alpha value is -0.710. The molecule has 1 aromatic carbocycles. The monoisotopic (exact) mass is 214 g/mol. The maximum atomic E-state index is 11.6. The zero-order valence-corrected chi connectivity index (χ0v) is 8.83. The van der Waals surface area contributed by atoms with Gasteiger partial charge in [0.15, 0.2) is 0 Å². The molecule has 0 saturated carbocycles. The highest BCUT2D eigenvalue weighted by atomic mass is 32.2. The van der Waals surface area contributed by atoms with E-state index in [1.807, 2.05) is 19.1 Å². The second kappa shape index (κ2) is 5.24. The first kappa shape index (κ1) is 11.4. The fourth-order valence-electron chi connectivity index (χ4n) is 1.01. The molecule has 2 unspecified atom stereocenters. The van der Waals surface area contributed by atoms with Crippen molar-refractivity contribution in [3.63, 3.8) is 0 Å². The van der Waals surface area contributed by atoms with Gasteiger partial charge in [0, 0.05) is 4.90 Å². The summed E-state index contributed by atoms with van der Waals surface area (Å²) in [4.78, 5) is 0.683. The van der Waals surface area contributed by atoms with Gasteiger partial charge in [-0.3, -0.25) is 4.21 Å². The lowest BCUT2D eigenvalue weighted by Crippen LogP contribution is -2.20. The Morgan fingerprint density at radius 2 is 1.93 bits per heavy atom. The molecule has 0 radical (unpaired) electrons. The van der Waals surface area contributed by atoms with Gasteiger partial charge in [0.25, 0.3) is 0 Å². The minimum atomic E-state index is -1.23. The molecule has 0 aliphatic carbocycles. The predicted octanol–water partition coefficient (Wildman–Crippen LogP) is 0.456. The molecule has 2 atom stereocenters. The molecular formula is C10H14O3S. The van der Waals surface area contributed by atoms with E-state index in [0.29, 0.717) is 4.90 Å². The van der Waals surface area contributed by atoms with Crippen LogP contribution in [0.15, 0.2) is 29.2 Å². The fourth-order valence-corrected chi connectivity index (χ4v) is 2.10. The summed E-state index contributed by atoms with van der Waals surface area (Å²) in [6, 6.07) is 7.29. The van der Waals surface area contributed by atoms with E-state index in [2.05, 4.69) is 0 Å². The molecule has 0 amide bonds. The van der Waals surface area contributed by atoms with Crippen molar-refractivity contribution in [2.45, 2.75) is 17.9 Å². The number of hydrogen-bond acceptors (Lipinski definition) is 3. The van der Waals surface area contributed by atoms with Gasteiger partial charge in [-0.1, -0.05) is 17.7 Å². The van der Waals surface area contributed by atoms with Crippen molar-refractivity contribution in [2.75, 3.05) is 12.4 Å². The van der Waals surface area contributed by atoms with Crippen LogP contribution in [-0.2, 0) is 10.8 Å². The molecule has 0 aliphatic rings. The smallest absolute Gasteiger partial charge is 0.0889 e. The summed E-state index contributed by atoms with van der Waals surface area (Å²) in [7, 11) is -1.23. The molecular weight excluding hydrogens is 200 g/mol. The molecule has 3 nitrogen and oxygen atoms in total. The number of aryl methyl sites for hydroxylation is 1. The summed E-state index contributed by atoms with van der Waals surface area (Å²) in [6.45, 7) is 1.60. The third-order valence-electron chi connectivity index (χ3n) is 1.84. The molecule has 14 heavy (non-hydrogen) atoms. The van der Waals surface area contributed by atoms with Crippen LogP contribution in [0.5, 0.6) is 0 Å². The van der Waals surface area contributed by atoms with Crippen molar-refractivity contribution in [2.24, 2.45) is 0 Å². The lowest BCUT2D eigenvalue weighted by molar-refractivity contribution is 0.113. The maximum absolute atomic E-state index is 11.6. The Bertz CT molecular complexity index is 308. The number of benzene rings is 1. The number of hydrogen-bond donors (Lipinski definition) is 2. The molecule has 2 N–H and O–H groups in total.